The number of benzene rings is 3. The first-order chi connectivity index (χ1) is 16.6. The lowest BCUT2D eigenvalue weighted by Crippen LogP contribution is -2.43. The summed E-state index contributed by atoms with van der Waals surface area (Å²) in [4.78, 5) is 9.68. The van der Waals surface area contributed by atoms with E-state index in [1.165, 1.54) is 12.0 Å². The molecule has 0 saturated heterocycles. The van der Waals surface area contributed by atoms with Gasteiger partial charge in [-0.15, -0.1) is 5.10 Å². The van der Waals surface area contributed by atoms with Gasteiger partial charge in [-0.05, 0) is 54.7 Å². The minimum atomic E-state index is -0.182. The van der Waals surface area contributed by atoms with Gasteiger partial charge in [0.15, 0.2) is 5.82 Å². The molecule has 0 bridgehead atoms. The summed E-state index contributed by atoms with van der Waals surface area (Å²) in [5.41, 5.74) is 12.4. The van der Waals surface area contributed by atoms with Crippen LogP contribution in [0.5, 0.6) is 5.75 Å². The summed E-state index contributed by atoms with van der Waals surface area (Å²) in [6.45, 7) is 0. The molecular formula is C28H25N5O. The highest BCUT2D eigenvalue weighted by molar-refractivity contribution is 5.81. The Kier molecular flexibility index (Phi) is 4.89. The van der Waals surface area contributed by atoms with Crippen LogP contribution in [-0.4, -0.2) is 26.7 Å². The Balaban J connectivity index is 1.47. The maximum absolute atomic E-state index is 6.54. The number of hydrogen-bond donors (Lipinski definition) is 1. The molecule has 2 heterocycles. The summed E-state index contributed by atoms with van der Waals surface area (Å²) in [5, 5.41) is 4.71. The van der Waals surface area contributed by atoms with E-state index in [0.29, 0.717) is 11.6 Å². The van der Waals surface area contributed by atoms with E-state index in [1.807, 2.05) is 48.7 Å². The summed E-state index contributed by atoms with van der Waals surface area (Å²) in [6, 6.07) is 26.5. The zero-order chi connectivity index (χ0) is 23.1. The molecule has 1 aliphatic carbocycles. The first-order valence-electron chi connectivity index (χ1n) is 11.5. The second kappa shape index (κ2) is 8.08. The predicted molar refractivity (Wildman–Crippen MR) is 133 cm³/mol. The van der Waals surface area contributed by atoms with E-state index < -0.39 is 0 Å². The fourth-order valence-corrected chi connectivity index (χ4v) is 4.54. The first-order valence-corrected chi connectivity index (χ1v) is 11.5. The van der Waals surface area contributed by atoms with Crippen molar-refractivity contribution in [2.45, 2.75) is 24.8 Å². The quantitative estimate of drug-likeness (QED) is 0.386. The molecule has 0 unspecified atom stereocenters. The Labute approximate surface area is 198 Å². The average molecular weight is 448 g/mol. The molecule has 6 nitrogen and oxygen atoms in total. The van der Waals surface area contributed by atoms with E-state index in [2.05, 4.69) is 36.4 Å². The summed E-state index contributed by atoms with van der Waals surface area (Å²) < 4.78 is 7.02. The van der Waals surface area contributed by atoms with Crippen molar-refractivity contribution in [3.63, 3.8) is 0 Å². The lowest BCUT2D eigenvalue weighted by Gasteiger charge is -2.38. The van der Waals surface area contributed by atoms with E-state index in [9.17, 15) is 0 Å². The normalized spacial score (nSPS) is 14.6. The first kappa shape index (κ1) is 20.6. The van der Waals surface area contributed by atoms with Crippen molar-refractivity contribution in [1.29, 1.82) is 0 Å². The SMILES string of the molecule is COc1ccc(-c2nc3nc(-c4ccc(C5(N)CCC5)cc4)c(-c4ccccc4)cn3n2)cc1. The number of methoxy groups -OCH3 is 1. The highest BCUT2D eigenvalue weighted by atomic mass is 16.5. The van der Waals surface area contributed by atoms with Gasteiger partial charge in [-0.2, -0.15) is 4.98 Å². The molecule has 2 N–H and O–H groups in total. The Morgan fingerprint density at radius 2 is 1.53 bits per heavy atom. The summed E-state index contributed by atoms with van der Waals surface area (Å²) in [6.07, 6.45) is 5.29. The van der Waals surface area contributed by atoms with Crippen LogP contribution in [0.25, 0.3) is 39.5 Å². The Bertz CT molecular complexity index is 1450. The molecule has 0 amide bonds. The van der Waals surface area contributed by atoms with Crippen molar-refractivity contribution in [2.75, 3.05) is 7.11 Å². The maximum Gasteiger partial charge on any atom is 0.253 e. The number of rotatable bonds is 5. The van der Waals surface area contributed by atoms with Crippen molar-refractivity contribution in [2.24, 2.45) is 5.73 Å². The Morgan fingerprint density at radius 1 is 0.824 bits per heavy atom. The van der Waals surface area contributed by atoms with E-state index in [1.54, 1.807) is 11.6 Å². The molecule has 6 heteroatoms. The average Bonchev–Trinajstić information content (AvgIpc) is 3.30. The van der Waals surface area contributed by atoms with Crippen LogP contribution in [0.2, 0.25) is 0 Å². The molecule has 1 saturated carbocycles. The molecule has 0 aliphatic heterocycles. The zero-order valence-electron chi connectivity index (χ0n) is 19.0. The molecule has 168 valence electrons. The van der Waals surface area contributed by atoms with E-state index in [4.69, 9.17) is 25.5 Å². The van der Waals surface area contributed by atoms with Gasteiger partial charge in [-0.1, -0.05) is 54.6 Å². The van der Waals surface area contributed by atoms with Gasteiger partial charge in [0.1, 0.15) is 5.75 Å². The van der Waals surface area contributed by atoms with Gasteiger partial charge in [0.25, 0.3) is 5.78 Å². The van der Waals surface area contributed by atoms with Gasteiger partial charge in [0.2, 0.25) is 0 Å². The number of aromatic nitrogens is 4. The van der Waals surface area contributed by atoms with Crippen LogP contribution < -0.4 is 10.5 Å². The molecule has 0 spiro atoms. The molecule has 34 heavy (non-hydrogen) atoms. The molecule has 5 aromatic rings. The van der Waals surface area contributed by atoms with Crippen molar-refractivity contribution < 1.29 is 4.74 Å². The highest BCUT2D eigenvalue weighted by Crippen LogP contribution is 2.39. The zero-order valence-corrected chi connectivity index (χ0v) is 19.0. The van der Waals surface area contributed by atoms with Crippen molar-refractivity contribution in [3.05, 3.63) is 90.6 Å². The van der Waals surface area contributed by atoms with Gasteiger partial charge in [-0.3, -0.25) is 0 Å². The predicted octanol–water partition coefficient (Wildman–Crippen LogP) is 5.47. The minimum absolute atomic E-state index is 0.182. The highest BCUT2D eigenvalue weighted by Gasteiger charge is 2.34. The standard InChI is InChI=1S/C28H25N5O/c1-34-23-14-10-21(11-15-23)26-31-27-30-25(20-8-12-22(13-9-20)28(29)16-5-17-28)24(18-33(27)32-26)19-6-3-2-4-7-19/h2-4,6-15,18H,5,16-17,29H2,1H3. The van der Waals surface area contributed by atoms with Crippen LogP contribution >= 0.6 is 0 Å². The number of fused-ring (bicyclic) bond motifs is 1. The van der Waals surface area contributed by atoms with Gasteiger partial charge in [0.05, 0.1) is 12.8 Å². The van der Waals surface area contributed by atoms with Gasteiger partial charge >= 0.3 is 0 Å². The third kappa shape index (κ3) is 3.53. The largest absolute Gasteiger partial charge is 0.497 e. The lowest BCUT2D eigenvalue weighted by atomic mass is 9.72. The minimum Gasteiger partial charge on any atom is -0.497 e. The number of nitrogens with two attached hydrogens (primary N) is 1. The van der Waals surface area contributed by atoms with Crippen LogP contribution in [0.3, 0.4) is 0 Å². The van der Waals surface area contributed by atoms with Crippen molar-refractivity contribution in [3.8, 4) is 39.5 Å². The van der Waals surface area contributed by atoms with Crippen molar-refractivity contribution >= 4 is 5.78 Å². The summed E-state index contributed by atoms with van der Waals surface area (Å²) in [5.74, 6) is 1.97. The van der Waals surface area contributed by atoms with Gasteiger partial charge < -0.3 is 10.5 Å². The van der Waals surface area contributed by atoms with Crippen LogP contribution in [0.15, 0.2) is 85.1 Å². The molecule has 1 fully saturated rings. The van der Waals surface area contributed by atoms with Gasteiger partial charge in [0, 0.05) is 28.4 Å². The van der Waals surface area contributed by atoms with Crippen LogP contribution in [0.1, 0.15) is 24.8 Å². The maximum atomic E-state index is 6.54. The van der Waals surface area contributed by atoms with Gasteiger partial charge in [-0.25, -0.2) is 9.50 Å². The van der Waals surface area contributed by atoms with Crippen LogP contribution in [0.4, 0.5) is 0 Å². The van der Waals surface area contributed by atoms with E-state index >= 15 is 0 Å². The Morgan fingerprint density at radius 3 is 2.18 bits per heavy atom. The molecule has 0 atom stereocenters. The molecule has 3 aromatic carbocycles. The molecule has 6 rings (SSSR count). The monoisotopic (exact) mass is 447 g/mol. The lowest BCUT2D eigenvalue weighted by molar-refractivity contribution is 0.253. The number of hydrogen-bond acceptors (Lipinski definition) is 5. The Hall–Kier alpha value is -4.03. The fraction of sp³-hybridized carbons (Fsp3) is 0.179. The van der Waals surface area contributed by atoms with E-state index in [0.717, 1.165) is 46.5 Å². The molecule has 1 aliphatic rings. The second-order valence-electron chi connectivity index (χ2n) is 8.86. The van der Waals surface area contributed by atoms with Crippen LogP contribution in [-0.2, 0) is 5.54 Å². The second-order valence-corrected chi connectivity index (χ2v) is 8.86. The summed E-state index contributed by atoms with van der Waals surface area (Å²) in [7, 11) is 1.65. The van der Waals surface area contributed by atoms with E-state index in [-0.39, 0.29) is 5.54 Å². The van der Waals surface area contributed by atoms with Crippen LogP contribution in [0, 0.1) is 0 Å². The molecule has 2 aromatic heterocycles. The third-order valence-electron chi connectivity index (χ3n) is 6.74. The summed E-state index contributed by atoms with van der Waals surface area (Å²) >= 11 is 0. The smallest absolute Gasteiger partial charge is 0.253 e. The molecular weight excluding hydrogens is 422 g/mol. The topological polar surface area (TPSA) is 78.3 Å². The fourth-order valence-electron chi connectivity index (χ4n) is 4.54. The number of ether oxygens (including phenoxy) is 1. The molecule has 0 radical (unpaired) electrons. The third-order valence-corrected chi connectivity index (χ3v) is 6.74. The number of nitrogens with zero attached hydrogens (tertiary/aromatic N) is 4. The van der Waals surface area contributed by atoms with Crippen molar-refractivity contribution in [1.82, 2.24) is 19.6 Å².